The second-order valence-electron chi connectivity index (χ2n) is 5.72. The zero-order valence-corrected chi connectivity index (χ0v) is 12.9. The van der Waals surface area contributed by atoms with E-state index in [1.165, 1.54) is 10.9 Å². The van der Waals surface area contributed by atoms with Crippen molar-refractivity contribution in [2.45, 2.75) is 31.6 Å². The highest BCUT2D eigenvalue weighted by molar-refractivity contribution is 8.00. The van der Waals surface area contributed by atoms with E-state index in [0.29, 0.717) is 10.8 Å². The topological polar surface area (TPSA) is 24.9 Å². The molecule has 0 fully saturated rings. The number of hydrogen-bond donors (Lipinski definition) is 1. The molecule has 1 aromatic heterocycles. The van der Waals surface area contributed by atoms with Crippen LogP contribution in [0.15, 0.2) is 36.5 Å². The second-order valence-corrected chi connectivity index (χ2v) is 7.57. The third-order valence-corrected chi connectivity index (χ3v) is 4.43. The van der Waals surface area contributed by atoms with E-state index < -0.39 is 0 Å². The Kier molecular flexibility index (Phi) is 4.48. The molecule has 3 heteroatoms. The first kappa shape index (κ1) is 14.4. The summed E-state index contributed by atoms with van der Waals surface area (Å²) in [5, 5.41) is 4.62. The Morgan fingerprint density at radius 3 is 2.74 bits per heavy atom. The largest absolute Gasteiger partial charge is 0.312 e. The molecule has 0 aliphatic heterocycles. The monoisotopic (exact) mass is 274 g/mol. The Labute approximate surface area is 120 Å². The van der Waals surface area contributed by atoms with Gasteiger partial charge in [-0.05, 0) is 30.8 Å². The fourth-order valence-corrected chi connectivity index (χ4v) is 3.02. The maximum absolute atomic E-state index is 4.37. The molecular weight excluding hydrogens is 252 g/mol. The molecule has 2 nitrogen and oxygen atoms in total. The lowest BCUT2D eigenvalue weighted by Gasteiger charge is -2.23. The van der Waals surface area contributed by atoms with E-state index in [1.807, 2.05) is 31.1 Å². The smallest absolute Gasteiger partial charge is 0.0702 e. The highest BCUT2D eigenvalue weighted by Crippen LogP contribution is 2.29. The average Bonchev–Trinajstić information content (AvgIpc) is 2.38. The van der Waals surface area contributed by atoms with Crippen molar-refractivity contribution in [3.05, 3.63) is 42.1 Å². The number of rotatable bonds is 4. The summed E-state index contributed by atoms with van der Waals surface area (Å²) in [5.74, 6) is 1.08. The normalized spacial score (nSPS) is 13.7. The molecule has 1 heterocycles. The van der Waals surface area contributed by atoms with Crippen molar-refractivity contribution in [3.63, 3.8) is 0 Å². The fourth-order valence-electron chi connectivity index (χ4n) is 1.99. The Balaban J connectivity index is 2.20. The second kappa shape index (κ2) is 5.93. The molecule has 1 unspecified atom stereocenters. The van der Waals surface area contributed by atoms with E-state index in [4.69, 9.17) is 0 Å². The number of nitrogens with zero attached hydrogens (tertiary/aromatic N) is 1. The van der Waals surface area contributed by atoms with Crippen LogP contribution in [0.1, 0.15) is 32.4 Å². The van der Waals surface area contributed by atoms with Crippen LogP contribution in [-0.2, 0) is 0 Å². The van der Waals surface area contributed by atoms with Gasteiger partial charge in [-0.1, -0.05) is 32.9 Å². The molecule has 0 spiro atoms. The maximum atomic E-state index is 4.37. The SMILES string of the molecule is CNC(CSC(C)(C)C)c1ccc2ncccc2c1. The first-order chi connectivity index (χ1) is 8.99. The number of fused-ring (bicyclic) bond motifs is 1. The summed E-state index contributed by atoms with van der Waals surface area (Å²) in [5.41, 5.74) is 2.39. The first-order valence-electron chi connectivity index (χ1n) is 6.65. The van der Waals surface area contributed by atoms with Gasteiger partial charge in [0.2, 0.25) is 0 Å². The Morgan fingerprint density at radius 2 is 2.05 bits per heavy atom. The van der Waals surface area contributed by atoms with Crippen molar-refractivity contribution in [2.24, 2.45) is 0 Å². The summed E-state index contributed by atoms with van der Waals surface area (Å²) in [7, 11) is 2.03. The van der Waals surface area contributed by atoms with Crippen LogP contribution in [-0.4, -0.2) is 22.5 Å². The van der Waals surface area contributed by atoms with Gasteiger partial charge in [0, 0.05) is 28.1 Å². The van der Waals surface area contributed by atoms with Crippen LogP contribution in [0.4, 0.5) is 0 Å². The van der Waals surface area contributed by atoms with Crippen molar-refractivity contribution in [1.29, 1.82) is 0 Å². The van der Waals surface area contributed by atoms with E-state index in [0.717, 1.165) is 11.3 Å². The average molecular weight is 274 g/mol. The first-order valence-corrected chi connectivity index (χ1v) is 7.64. The third kappa shape index (κ3) is 3.95. The molecule has 19 heavy (non-hydrogen) atoms. The van der Waals surface area contributed by atoms with Crippen LogP contribution < -0.4 is 5.32 Å². The number of thioether (sulfide) groups is 1. The Hall–Kier alpha value is -1.06. The molecule has 1 aromatic carbocycles. The molecule has 0 bridgehead atoms. The van der Waals surface area contributed by atoms with Gasteiger partial charge >= 0.3 is 0 Å². The quantitative estimate of drug-likeness (QED) is 0.911. The van der Waals surface area contributed by atoms with Gasteiger partial charge in [0.25, 0.3) is 0 Å². The van der Waals surface area contributed by atoms with Crippen LogP contribution in [0.2, 0.25) is 0 Å². The van der Waals surface area contributed by atoms with Gasteiger partial charge < -0.3 is 5.32 Å². The van der Waals surface area contributed by atoms with Crippen LogP contribution in [0.25, 0.3) is 10.9 Å². The van der Waals surface area contributed by atoms with Crippen molar-refractivity contribution >= 4 is 22.7 Å². The van der Waals surface area contributed by atoms with Gasteiger partial charge in [0.05, 0.1) is 5.52 Å². The molecule has 2 rings (SSSR count). The molecule has 0 aliphatic rings. The Bertz CT molecular complexity index is 546. The van der Waals surface area contributed by atoms with Crippen LogP contribution in [0, 0.1) is 0 Å². The minimum absolute atomic E-state index is 0.299. The summed E-state index contributed by atoms with van der Waals surface area (Å²) in [6.45, 7) is 6.78. The van der Waals surface area contributed by atoms with Gasteiger partial charge in [-0.25, -0.2) is 0 Å². The predicted octanol–water partition coefficient (Wildman–Crippen LogP) is 4.03. The van der Waals surface area contributed by atoms with E-state index in [2.05, 4.69) is 55.3 Å². The number of pyridine rings is 1. The summed E-state index contributed by atoms with van der Waals surface area (Å²) in [6, 6.07) is 11.0. The van der Waals surface area contributed by atoms with Crippen molar-refractivity contribution in [3.8, 4) is 0 Å². The maximum Gasteiger partial charge on any atom is 0.0702 e. The molecule has 0 radical (unpaired) electrons. The molecule has 0 aliphatic carbocycles. The van der Waals surface area contributed by atoms with Gasteiger partial charge in [-0.3, -0.25) is 4.98 Å². The van der Waals surface area contributed by atoms with Crippen LogP contribution in [0.5, 0.6) is 0 Å². The fraction of sp³-hybridized carbons (Fsp3) is 0.438. The van der Waals surface area contributed by atoms with E-state index in [9.17, 15) is 0 Å². The van der Waals surface area contributed by atoms with Crippen molar-refractivity contribution < 1.29 is 0 Å². The number of hydrogen-bond acceptors (Lipinski definition) is 3. The predicted molar refractivity (Wildman–Crippen MR) is 85.8 cm³/mol. The van der Waals surface area contributed by atoms with E-state index >= 15 is 0 Å². The highest BCUT2D eigenvalue weighted by Gasteiger charge is 2.16. The lowest BCUT2D eigenvalue weighted by atomic mass is 10.1. The minimum Gasteiger partial charge on any atom is -0.312 e. The minimum atomic E-state index is 0.299. The van der Waals surface area contributed by atoms with Crippen LogP contribution in [0.3, 0.4) is 0 Å². The summed E-state index contributed by atoms with van der Waals surface area (Å²) in [6.07, 6.45) is 1.84. The molecule has 0 saturated heterocycles. The lowest BCUT2D eigenvalue weighted by Crippen LogP contribution is -2.21. The zero-order valence-electron chi connectivity index (χ0n) is 12.1. The zero-order chi connectivity index (χ0) is 13.9. The van der Waals surface area contributed by atoms with Gasteiger partial charge in [-0.15, -0.1) is 0 Å². The summed E-state index contributed by atoms with van der Waals surface area (Å²) < 4.78 is 0.299. The van der Waals surface area contributed by atoms with Crippen molar-refractivity contribution in [2.75, 3.05) is 12.8 Å². The molecular formula is C16H22N2S. The molecule has 1 N–H and O–H groups in total. The van der Waals surface area contributed by atoms with Crippen LogP contribution >= 0.6 is 11.8 Å². The number of nitrogens with one attached hydrogen (secondary N) is 1. The standard InChI is InChI=1S/C16H22N2S/c1-16(2,3)19-11-15(17-4)13-7-8-14-12(10-13)6-5-9-18-14/h5-10,15,17H,11H2,1-4H3. The highest BCUT2D eigenvalue weighted by atomic mass is 32.2. The van der Waals surface area contributed by atoms with Crippen molar-refractivity contribution in [1.82, 2.24) is 10.3 Å². The third-order valence-electron chi connectivity index (χ3n) is 3.06. The molecule has 2 aromatic rings. The molecule has 0 saturated carbocycles. The lowest BCUT2D eigenvalue weighted by molar-refractivity contribution is 0.657. The number of aromatic nitrogens is 1. The molecule has 0 amide bonds. The van der Waals surface area contributed by atoms with E-state index in [1.54, 1.807) is 0 Å². The number of benzene rings is 1. The molecule has 1 atom stereocenters. The van der Waals surface area contributed by atoms with Gasteiger partial charge in [-0.2, -0.15) is 11.8 Å². The van der Waals surface area contributed by atoms with Gasteiger partial charge in [0.15, 0.2) is 0 Å². The van der Waals surface area contributed by atoms with E-state index in [-0.39, 0.29) is 0 Å². The summed E-state index contributed by atoms with van der Waals surface area (Å²) in [4.78, 5) is 4.37. The Morgan fingerprint density at radius 1 is 1.26 bits per heavy atom. The van der Waals surface area contributed by atoms with Gasteiger partial charge in [0.1, 0.15) is 0 Å². The summed E-state index contributed by atoms with van der Waals surface area (Å²) >= 11 is 1.99. The molecule has 102 valence electrons.